The zero-order chi connectivity index (χ0) is 23.1. The number of aryl methyl sites for hydroxylation is 2. The number of ether oxygens (including phenoxy) is 2. The first-order valence-electron chi connectivity index (χ1n) is 11.3. The number of benzene rings is 2. The Bertz CT molecular complexity index is 1210. The quantitative estimate of drug-likeness (QED) is 0.501. The van der Waals surface area contributed by atoms with E-state index in [1.54, 1.807) is 11.8 Å². The second-order valence-corrected chi connectivity index (χ2v) is 8.87. The summed E-state index contributed by atoms with van der Waals surface area (Å²) < 4.78 is 13.6. The van der Waals surface area contributed by atoms with E-state index in [0.29, 0.717) is 19.2 Å². The van der Waals surface area contributed by atoms with Crippen LogP contribution in [0.4, 0.5) is 5.69 Å². The lowest BCUT2D eigenvalue weighted by Crippen LogP contribution is -2.23. The molecule has 0 radical (unpaired) electrons. The average Bonchev–Trinajstić information content (AvgIpc) is 3.49. The minimum atomic E-state index is 0.494. The normalized spacial score (nSPS) is 15.4. The third kappa shape index (κ3) is 4.01. The van der Waals surface area contributed by atoms with Crippen LogP contribution in [0.15, 0.2) is 46.8 Å². The molecule has 1 saturated carbocycles. The van der Waals surface area contributed by atoms with Gasteiger partial charge in [0.1, 0.15) is 19.0 Å². The van der Waals surface area contributed by atoms with Gasteiger partial charge < -0.3 is 9.47 Å². The van der Waals surface area contributed by atoms with Crippen molar-refractivity contribution in [1.82, 2.24) is 14.8 Å². The first-order valence-corrected chi connectivity index (χ1v) is 11.3. The van der Waals surface area contributed by atoms with Gasteiger partial charge in [-0.15, -0.1) is 0 Å². The van der Waals surface area contributed by atoms with Crippen molar-refractivity contribution in [3.8, 4) is 22.9 Å². The monoisotopic (exact) mass is 446 g/mol. The van der Waals surface area contributed by atoms with E-state index in [4.69, 9.17) is 9.47 Å². The number of hydrogen-bond acceptors (Lipinski definition) is 7. The van der Waals surface area contributed by atoms with Crippen molar-refractivity contribution < 1.29 is 9.47 Å². The van der Waals surface area contributed by atoms with Crippen molar-refractivity contribution in [1.29, 1.82) is 0 Å². The first kappa shape index (κ1) is 21.3. The van der Waals surface area contributed by atoms with Crippen molar-refractivity contribution in [3.63, 3.8) is 0 Å². The molecular formula is C25H30N6O2. The smallest absolute Gasteiger partial charge is 0.214 e. The Kier molecular flexibility index (Phi) is 5.44. The summed E-state index contributed by atoms with van der Waals surface area (Å²) in [5.41, 5.74) is 7.71. The van der Waals surface area contributed by atoms with E-state index in [9.17, 15) is 0 Å². The molecule has 1 aromatic heterocycles. The molecule has 1 aliphatic carbocycles. The highest BCUT2D eigenvalue weighted by molar-refractivity contribution is 5.67. The van der Waals surface area contributed by atoms with Crippen molar-refractivity contribution in [2.75, 3.05) is 25.8 Å². The summed E-state index contributed by atoms with van der Waals surface area (Å²) in [6.45, 7) is 5.24. The molecular weight excluding hydrogens is 416 g/mol. The maximum Gasteiger partial charge on any atom is 0.214 e. The lowest BCUT2D eigenvalue weighted by atomic mass is 10.0. The van der Waals surface area contributed by atoms with E-state index < -0.39 is 0 Å². The minimum absolute atomic E-state index is 0.494. The number of nitrogens with zero attached hydrogens (tertiary/aromatic N) is 6. The molecule has 0 amide bonds. The fourth-order valence-electron chi connectivity index (χ4n) is 4.54. The number of anilines is 1. The van der Waals surface area contributed by atoms with E-state index in [1.165, 1.54) is 24.0 Å². The second kappa shape index (κ2) is 8.42. The lowest BCUT2D eigenvalue weighted by molar-refractivity contribution is 0.303. The van der Waals surface area contributed by atoms with Crippen LogP contribution in [0.5, 0.6) is 11.6 Å². The molecule has 172 valence electrons. The Morgan fingerprint density at radius 3 is 2.52 bits per heavy atom. The SMILES string of the molecule is COc1c(C)c(-c2ccc(OCc3c(C4CC4)cccc3N3CN(C)N=N3)c(C)c2)nn1C. The Balaban J connectivity index is 1.41. The molecule has 2 aliphatic rings. The van der Waals surface area contributed by atoms with Gasteiger partial charge in [0.25, 0.3) is 0 Å². The van der Waals surface area contributed by atoms with Gasteiger partial charge in [-0.25, -0.2) is 9.69 Å². The van der Waals surface area contributed by atoms with Crippen LogP contribution in [0, 0.1) is 13.8 Å². The van der Waals surface area contributed by atoms with Gasteiger partial charge in [0.05, 0.1) is 18.5 Å². The highest BCUT2D eigenvalue weighted by Crippen LogP contribution is 2.44. The molecule has 0 spiro atoms. The van der Waals surface area contributed by atoms with E-state index >= 15 is 0 Å². The summed E-state index contributed by atoms with van der Waals surface area (Å²) in [5, 5.41) is 16.9. The van der Waals surface area contributed by atoms with Gasteiger partial charge >= 0.3 is 0 Å². The molecule has 0 unspecified atom stereocenters. The predicted octanol–water partition coefficient (Wildman–Crippen LogP) is 5.16. The van der Waals surface area contributed by atoms with Gasteiger partial charge in [-0.05, 0) is 73.2 Å². The molecule has 0 saturated heterocycles. The third-order valence-electron chi connectivity index (χ3n) is 6.36. The van der Waals surface area contributed by atoms with Crippen LogP contribution in [0.25, 0.3) is 11.3 Å². The summed E-state index contributed by atoms with van der Waals surface area (Å²) in [6.07, 6.45) is 2.47. The first-order chi connectivity index (χ1) is 16.0. The minimum Gasteiger partial charge on any atom is -0.489 e. The van der Waals surface area contributed by atoms with Gasteiger partial charge in [0.15, 0.2) is 0 Å². The fraction of sp³-hybridized carbons (Fsp3) is 0.400. The molecule has 1 aliphatic heterocycles. The number of aromatic nitrogens is 2. The molecule has 5 rings (SSSR count). The van der Waals surface area contributed by atoms with E-state index in [1.807, 2.05) is 37.1 Å². The molecule has 2 heterocycles. The van der Waals surface area contributed by atoms with Gasteiger partial charge in [0, 0.05) is 30.8 Å². The van der Waals surface area contributed by atoms with E-state index in [-0.39, 0.29) is 0 Å². The molecule has 0 atom stereocenters. The topological polar surface area (TPSA) is 67.5 Å². The van der Waals surface area contributed by atoms with E-state index in [2.05, 4.69) is 52.8 Å². The highest BCUT2D eigenvalue weighted by Gasteiger charge is 2.29. The highest BCUT2D eigenvalue weighted by atomic mass is 16.5. The van der Waals surface area contributed by atoms with Crippen molar-refractivity contribution >= 4 is 5.69 Å². The summed E-state index contributed by atoms with van der Waals surface area (Å²) in [7, 11) is 5.49. The Hall–Kier alpha value is -3.55. The number of rotatable bonds is 7. The maximum atomic E-state index is 6.38. The van der Waals surface area contributed by atoms with E-state index in [0.717, 1.165) is 39.7 Å². The van der Waals surface area contributed by atoms with Crippen LogP contribution in [0.2, 0.25) is 0 Å². The van der Waals surface area contributed by atoms with Crippen molar-refractivity contribution in [3.05, 3.63) is 58.7 Å². The molecule has 0 bridgehead atoms. The molecule has 8 nitrogen and oxygen atoms in total. The predicted molar refractivity (Wildman–Crippen MR) is 127 cm³/mol. The van der Waals surface area contributed by atoms with Gasteiger partial charge in [-0.1, -0.05) is 17.4 Å². The van der Waals surface area contributed by atoms with Crippen LogP contribution in [0.1, 0.15) is 41.0 Å². The van der Waals surface area contributed by atoms with Crippen molar-refractivity contribution in [2.24, 2.45) is 17.5 Å². The van der Waals surface area contributed by atoms with Gasteiger partial charge in [0.2, 0.25) is 5.88 Å². The zero-order valence-corrected chi connectivity index (χ0v) is 19.9. The molecule has 8 heteroatoms. The molecule has 0 N–H and O–H groups in total. The second-order valence-electron chi connectivity index (χ2n) is 8.87. The molecule has 2 aromatic carbocycles. The number of hydrogen-bond donors (Lipinski definition) is 0. The van der Waals surface area contributed by atoms with Crippen LogP contribution in [-0.2, 0) is 13.7 Å². The van der Waals surface area contributed by atoms with Crippen LogP contribution in [0.3, 0.4) is 0 Å². The Labute approximate surface area is 194 Å². The third-order valence-corrected chi connectivity index (χ3v) is 6.36. The van der Waals surface area contributed by atoms with Crippen LogP contribution < -0.4 is 14.5 Å². The summed E-state index contributed by atoms with van der Waals surface area (Å²) in [6, 6.07) is 12.7. The molecule has 1 fully saturated rings. The molecule has 3 aromatic rings. The van der Waals surface area contributed by atoms with Gasteiger partial charge in [-0.2, -0.15) is 5.10 Å². The average molecular weight is 447 g/mol. The standard InChI is InChI=1S/C25H30N6O2/c1-16-13-19(24-17(2)25(32-5)30(4)26-24)11-12-23(16)33-14-21-20(18-9-10-18)7-6-8-22(21)31-15-29(3)27-28-31/h6-8,11-13,18H,9-10,14-15H2,1-5H3. The fourth-order valence-corrected chi connectivity index (χ4v) is 4.54. The Morgan fingerprint density at radius 2 is 1.88 bits per heavy atom. The molecule has 33 heavy (non-hydrogen) atoms. The number of methoxy groups -OCH3 is 1. The summed E-state index contributed by atoms with van der Waals surface area (Å²) >= 11 is 0. The van der Waals surface area contributed by atoms with Crippen LogP contribution in [-0.4, -0.2) is 35.6 Å². The lowest BCUT2D eigenvalue weighted by Gasteiger charge is -2.21. The largest absolute Gasteiger partial charge is 0.489 e. The Morgan fingerprint density at radius 1 is 1.06 bits per heavy atom. The van der Waals surface area contributed by atoms with Crippen molar-refractivity contribution in [2.45, 2.75) is 39.2 Å². The summed E-state index contributed by atoms with van der Waals surface area (Å²) in [5.74, 6) is 2.26. The maximum absolute atomic E-state index is 6.38. The van der Waals surface area contributed by atoms with Crippen LogP contribution >= 0.6 is 0 Å². The summed E-state index contributed by atoms with van der Waals surface area (Å²) in [4.78, 5) is 0. The zero-order valence-electron chi connectivity index (χ0n) is 19.9. The van der Waals surface area contributed by atoms with Gasteiger partial charge in [-0.3, -0.25) is 5.01 Å².